The molecule has 0 unspecified atom stereocenters. The smallest absolute Gasteiger partial charge is 0.338 e. The zero-order valence-corrected chi connectivity index (χ0v) is 11.0. The normalized spacial score (nSPS) is 11.8. The molecule has 0 aliphatic carbocycles. The maximum Gasteiger partial charge on any atom is 0.338 e. The summed E-state index contributed by atoms with van der Waals surface area (Å²) in [7, 11) is 0. The fourth-order valence-corrected chi connectivity index (χ4v) is 2.37. The third-order valence-corrected chi connectivity index (χ3v) is 3.63. The number of hydrogen-bond donors (Lipinski definition) is 2. The molecule has 2 aromatic heterocycles. The number of carbonyl (C=O) groups is 2. The minimum absolute atomic E-state index is 0.0709. The summed E-state index contributed by atoms with van der Waals surface area (Å²) in [6.45, 7) is 1.84. The van der Waals surface area contributed by atoms with Gasteiger partial charge in [0.2, 0.25) is 0 Å². The Balaban J connectivity index is 2.19. The fourth-order valence-electron chi connectivity index (χ4n) is 1.63. The summed E-state index contributed by atoms with van der Waals surface area (Å²) in [5.41, 5.74) is -0.170. The van der Waals surface area contributed by atoms with E-state index in [0.29, 0.717) is 0 Å². The van der Waals surface area contributed by atoms with Gasteiger partial charge < -0.3 is 10.4 Å². The number of carboxylic acids is 1. The molecule has 0 saturated heterocycles. The maximum absolute atomic E-state index is 12.0. The van der Waals surface area contributed by atoms with Crippen LogP contribution < -0.4 is 5.32 Å². The van der Waals surface area contributed by atoms with Gasteiger partial charge >= 0.3 is 5.97 Å². The molecule has 0 aliphatic rings. The van der Waals surface area contributed by atoms with Gasteiger partial charge in [-0.3, -0.25) is 9.78 Å². The third kappa shape index (κ3) is 2.97. The number of carbonyl (C=O) groups excluding carboxylic acids is 1. The first-order valence-corrected chi connectivity index (χ1v) is 6.50. The molecule has 1 atom stereocenters. The van der Waals surface area contributed by atoms with Gasteiger partial charge in [0.1, 0.15) is 5.69 Å². The number of aromatic nitrogens is 1. The molecule has 0 saturated carbocycles. The average Bonchev–Trinajstić information content (AvgIpc) is 2.92. The van der Waals surface area contributed by atoms with Gasteiger partial charge in [0, 0.05) is 11.1 Å². The highest BCUT2D eigenvalue weighted by Crippen LogP contribution is 2.18. The zero-order chi connectivity index (χ0) is 13.8. The van der Waals surface area contributed by atoms with Crippen molar-refractivity contribution in [3.05, 3.63) is 52.0 Å². The molecular formula is C13H12N2O3S. The van der Waals surface area contributed by atoms with Gasteiger partial charge in [0.05, 0.1) is 11.6 Å². The molecular weight excluding hydrogens is 264 g/mol. The van der Waals surface area contributed by atoms with Gasteiger partial charge in [0.25, 0.3) is 5.91 Å². The number of amides is 1. The molecule has 0 aromatic carbocycles. The zero-order valence-electron chi connectivity index (χ0n) is 10.2. The van der Waals surface area contributed by atoms with Gasteiger partial charge in [-0.2, -0.15) is 0 Å². The number of nitrogens with one attached hydrogen (secondary N) is 1. The summed E-state index contributed by atoms with van der Waals surface area (Å²) in [4.78, 5) is 27.9. The second-order valence-corrected chi connectivity index (χ2v) is 4.89. The number of carboxylic acid groups (broad SMARTS) is 1. The Morgan fingerprint density at radius 1 is 1.37 bits per heavy atom. The molecule has 2 N–H and O–H groups in total. The van der Waals surface area contributed by atoms with Crippen LogP contribution >= 0.6 is 11.3 Å². The Bertz CT molecular complexity index is 596. The lowest BCUT2D eigenvalue weighted by atomic mass is 10.1. The Hall–Kier alpha value is -2.21. The molecule has 2 rings (SSSR count). The summed E-state index contributed by atoms with van der Waals surface area (Å²) in [5, 5.41) is 13.7. The second-order valence-electron chi connectivity index (χ2n) is 3.92. The molecule has 5 nitrogen and oxygen atoms in total. The molecule has 0 spiro atoms. The van der Waals surface area contributed by atoms with Crippen molar-refractivity contribution in [2.75, 3.05) is 0 Å². The van der Waals surface area contributed by atoms with Gasteiger partial charge in [-0.15, -0.1) is 11.3 Å². The van der Waals surface area contributed by atoms with E-state index < -0.39 is 11.9 Å². The predicted molar refractivity (Wildman–Crippen MR) is 71.4 cm³/mol. The topological polar surface area (TPSA) is 79.3 Å². The highest BCUT2D eigenvalue weighted by atomic mass is 32.1. The molecule has 6 heteroatoms. The minimum Gasteiger partial charge on any atom is -0.478 e. The van der Waals surface area contributed by atoms with Crippen LogP contribution in [0.1, 0.15) is 38.7 Å². The van der Waals surface area contributed by atoms with Crippen molar-refractivity contribution in [2.45, 2.75) is 13.0 Å². The van der Waals surface area contributed by atoms with E-state index in [-0.39, 0.29) is 17.3 Å². The lowest BCUT2D eigenvalue weighted by Gasteiger charge is -2.12. The summed E-state index contributed by atoms with van der Waals surface area (Å²) in [6.07, 6.45) is 1.40. The number of hydrogen-bond acceptors (Lipinski definition) is 4. The van der Waals surface area contributed by atoms with E-state index in [1.165, 1.54) is 29.7 Å². The van der Waals surface area contributed by atoms with Crippen molar-refractivity contribution in [1.82, 2.24) is 10.3 Å². The van der Waals surface area contributed by atoms with E-state index in [9.17, 15) is 9.59 Å². The molecule has 0 bridgehead atoms. The summed E-state index contributed by atoms with van der Waals surface area (Å²) >= 11 is 1.53. The highest BCUT2D eigenvalue weighted by molar-refractivity contribution is 7.10. The second kappa shape index (κ2) is 5.62. The van der Waals surface area contributed by atoms with Gasteiger partial charge in [-0.25, -0.2) is 4.79 Å². The van der Waals surface area contributed by atoms with E-state index in [1.54, 1.807) is 0 Å². The van der Waals surface area contributed by atoms with Crippen LogP contribution in [0, 0.1) is 0 Å². The van der Waals surface area contributed by atoms with Crippen molar-refractivity contribution >= 4 is 23.2 Å². The number of thiophene rings is 1. The highest BCUT2D eigenvalue weighted by Gasteiger charge is 2.19. The van der Waals surface area contributed by atoms with Gasteiger partial charge in [-0.1, -0.05) is 6.07 Å². The Morgan fingerprint density at radius 2 is 2.16 bits per heavy atom. The van der Waals surface area contributed by atoms with E-state index in [0.717, 1.165) is 4.88 Å². The molecule has 1 amide bonds. The van der Waals surface area contributed by atoms with Crippen molar-refractivity contribution < 1.29 is 14.7 Å². The van der Waals surface area contributed by atoms with Crippen molar-refractivity contribution in [2.24, 2.45) is 0 Å². The van der Waals surface area contributed by atoms with E-state index in [1.807, 2.05) is 24.4 Å². The largest absolute Gasteiger partial charge is 0.478 e. The van der Waals surface area contributed by atoms with Crippen LogP contribution in [0.4, 0.5) is 0 Å². The van der Waals surface area contributed by atoms with Gasteiger partial charge in [-0.05, 0) is 30.5 Å². The first kappa shape index (κ1) is 13.2. The fraction of sp³-hybridized carbons (Fsp3) is 0.154. The number of rotatable bonds is 4. The minimum atomic E-state index is -1.16. The lowest BCUT2D eigenvalue weighted by molar-refractivity contribution is 0.0689. The molecule has 98 valence electrons. The number of nitrogens with zero attached hydrogens (tertiary/aromatic N) is 1. The quantitative estimate of drug-likeness (QED) is 0.898. The molecule has 2 heterocycles. The van der Waals surface area contributed by atoms with Gasteiger partial charge in [0.15, 0.2) is 0 Å². The SMILES string of the molecule is C[C@H](NC(=O)c1ncccc1C(=O)O)c1cccs1. The van der Waals surface area contributed by atoms with Crippen molar-refractivity contribution in [3.63, 3.8) is 0 Å². The van der Waals surface area contributed by atoms with Crippen LogP contribution in [0.5, 0.6) is 0 Å². The third-order valence-electron chi connectivity index (χ3n) is 2.57. The van der Waals surface area contributed by atoms with Crippen LogP contribution in [0.15, 0.2) is 35.8 Å². The molecule has 0 fully saturated rings. The molecule has 2 aromatic rings. The first-order chi connectivity index (χ1) is 9.09. The number of aromatic carboxylic acids is 1. The van der Waals surface area contributed by atoms with E-state index in [2.05, 4.69) is 10.3 Å². The Kier molecular flexibility index (Phi) is 3.91. The standard InChI is InChI=1S/C13H12N2O3S/c1-8(10-5-3-7-19-10)15-12(16)11-9(13(17)18)4-2-6-14-11/h2-8H,1H3,(H,15,16)(H,17,18)/t8-/m0/s1. The monoisotopic (exact) mass is 276 g/mol. The Labute approximate surface area is 113 Å². The average molecular weight is 276 g/mol. The Morgan fingerprint density at radius 3 is 2.79 bits per heavy atom. The molecule has 19 heavy (non-hydrogen) atoms. The maximum atomic E-state index is 12.0. The first-order valence-electron chi connectivity index (χ1n) is 5.62. The summed E-state index contributed by atoms with van der Waals surface area (Å²) in [6, 6.07) is 6.47. The van der Waals surface area contributed by atoms with Crippen molar-refractivity contribution in [3.8, 4) is 0 Å². The van der Waals surface area contributed by atoms with Crippen LogP contribution in [-0.4, -0.2) is 22.0 Å². The van der Waals surface area contributed by atoms with Crippen LogP contribution in [0.2, 0.25) is 0 Å². The lowest BCUT2D eigenvalue weighted by Crippen LogP contribution is -2.28. The van der Waals surface area contributed by atoms with Crippen molar-refractivity contribution in [1.29, 1.82) is 0 Å². The number of pyridine rings is 1. The van der Waals surface area contributed by atoms with E-state index in [4.69, 9.17) is 5.11 Å². The van der Waals surface area contributed by atoms with E-state index >= 15 is 0 Å². The molecule has 0 aliphatic heterocycles. The van der Waals surface area contributed by atoms with Crippen LogP contribution in [0.3, 0.4) is 0 Å². The van der Waals surface area contributed by atoms with Crippen LogP contribution in [-0.2, 0) is 0 Å². The summed E-state index contributed by atoms with van der Waals surface area (Å²) < 4.78 is 0. The van der Waals surface area contributed by atoms with Crippen LogP contribution in [0.25, 0.3) is 0 Å². The predicted octanol–water partition coefficient (Wildman–Crippen LogP) is 2.33. The molecule has 0 radical (unpaired) electrons. The summed E-state index contributed by atoms with van der Waals surface area (Å²) in [5.74, 6) is -1.65.